The Kier molecular flexibility index (Phi) is 9.45. The molecule has 0 saturated carbocycles. The van der Waals surface area contributed by atoms with Gasteiger partial charge in [-0.2, -0.15) is 0 Å². The van der Waals surface area contributed by atoms with E-state index in [1.54, 1.807) is 12.1 Å². The summed E-state index contributed by atoms with van der Waals surface area (Å²) in [6, 6.07) is 6.29. The van der Waals surface area contributed by atoms with Crippen LogP contribution in [0.25, 0.3) is 0 Å². The van der Waals surface area contributed by atoms with Gasteiger partial charge >= 0.3 is 11.9 Å². The zero-order chi connectivity index (χ0) is 15.8. The second kappa shape index (κ2) is 10.2. The summed E-state index contributed by atoms with van der Waals surface area (Å²) in [7, 11) is 0. The lowest BCUT2D eigenvalue weighted by Crippen LogP contribution is -2.37. The van der Waals surface area contributed by atoms with Crippen LogP contribution in [0.5, 0.6) is 5.75 Å². The highest BCUT2D eigenvalue weighted by Crippen LogP contribution is 2.19. The average molecular weight is 330 g/mol. The molecule has 1 aromatic carbocycles. The van der Waals surface area contributed by atoms with Gasteiger partial charge in [0.15, 0.2) is 0 Å². The topological polar surface area (TPSA) is 66.8 Å². The Morgan fingerprint density at radius 3 is 2.27 bits per heavy atom. The molecule has 0 aliphatic rings. The van der Waals surface area contributed by atoms with Crippen molar-refractivity contribution in [2.45, 2.75) is 39.7 Å². The van der Waals surface area contributed by atoms with Crippen molar-refractivity contribution < 1.29 is 19.4 Å². The number of nitrogens with zero attached hydrogens (tertiary/aromatic N) is 1. The Labute approximate surface area is 137 Å². The zero-order valence-corrected chi connectivity index (χ0v) is 14.1. The Hall–Kier alpha value is -1.59. The predicted molar refractivity (Wildman–Crippen MR) is 87.9 cm³/mol. The van der Waals surface area contributed by atoms with Crippen molar-refractivity contribution in [1.29, 1.82) is 0 Å². The summed E-state index contributed by atoms with van der Waals surface area (Å²) in [4.78, 5) is 25.3. The van der Waals surface area contributed by atoms with Crippen molar-refractivity contribution >= 4 is 24.3 Å². The van der Waals surface area contributed by atoms with E-state index in [4.69, 9.17) is 9.84 Å². The number of benzene rings is 1. The molecule has 1 rings (SSSR count). The normalized spacial score (nSPS) is 11.6. The first-order valence-corrected chi connectivity index (χ1v) is 7.30. The van der Waals surface area contributed by atoms with Crippen molar-refractivity contribution in [2.75, 3.05) is 13.1 Å². The van der Waals surface area contributed by atoms with Crippen LogP contribution in [-0.2, 0) is 4.79 Å². The van der Waals surface area contributed by atoms with Crippen molar-refractivity contribution in [1.82, 2.24) is 4.90 Å². The third-order valence-electron chi connectivity index (χ3n) is 3.54. The molecule has 1 N–H and O–H groups in total. The Balaban J connectivity index is 0.00000441. The number of ether oxygens (including phenoxy) is 1. The first kappa shape index (κ1) is 20.4. The number of halogens is 1. The smallest absolute Gasteiger partial charge is 0.339 e. The molecule has 0 amide bonds. The maximum atomic E-state index is 12.1. The van der Waals surface area contributed by atoms with Gasteiger partial charge in [0.25, 0.3) is 0 Å². The van der Waals surface area contributed by atoms with Crippen LogP contribution in [0.2, 0.25) is 0 Å². The molecule has 1 unspecified atom stereocenters. The molecule has 1 aromatic rings. The molecule has 0 bridgehead atoms. The molecule has 0 saturated heterocycles. The van der Waals surface area contributed by atoms with E-state index in [0.29, 0.717) is 0 Å². The molecule has 0 radical (unpaired) electrons. The number of rotatable bonds is 8. The number of carboxylic acid groups (broad SMARTS) is 1. The molecule has 124 valence electrons. The molecule has 0 aromatic heterocycles. The lowest BCUT2D eigenvalue weighted by atomic mass is 10.1. The molecule has 0 aliphatic heterocycles. The molecular formula is C16H24ClNO4. The van der Waals surface area contributed by atoms with Gasteiger partial charge in [0.2, 0.25) is 0 Å². The van der Waals surface area contributed by atoms with Crippen LogP contribution in [-0.4, -0.2) is 41.1 Å². The van der Waals surface area contributed by atoms with Crippen LogP contribution in [0.15, 0.2) is 24.3 Å². The Morgan fingerprint density at radius 2 is 1.77 bits per heavy atom. The minimum atomic E-state index is -1.10. The van der Waals surface area contributed by atoms with E-state index in [2.05, 4.69) is 18.7 Å². The van der Waals surface area contributed by atoms with Crippen LogP contribution >= 0.6 is 12.4 Å². The summed E-state index contributed by atoms with van der Waals surface area (Å²) in [5.74, 6) is -1.40. The Morgan fingerprint density at radius 1 is 1.18 bits per heavy atom. The van der Waals surface area contributed by atoms with Crippen molar-refractivity contribution in [3.05, 3.63) is 29.8 Å². The summed E-state index contributed by atoms with van der Waals surface area (Å²) in [6.07, 6.45) is 1.10. The van der Waals surface area contributed by atoms with Crippen LogP contribution in [0.4, 0.5) is 0 Å². The van der Waals surface area contributed by atoms with Gasteiger partial charge in [0, 0.05) is 6.04 Å². The van der Waals surface area contributed by atoms with E-state index in [1.807, 2.05) is 6.92 Å². The first-order chi connectivity index (χ1) is 10.0. The molecule has 5 nitrogen and oxygen atoms in total. The number of para-hydroxylation sites is 1. The maximum absolute atomic E-state index is 12.1. The van der Waals surface area contributed by atoms with E-state index in [1.165, 1.54) is 12.1 Å². The van der Waals surface area contributed by atoms with E-state index < -0.39 is 11.9 Å². The van der Waals surface area contributed by atoms with Crippen LogP contribution in [0.3, 0.4) is 0 Å². The highest BCUT2D eigenvalue weighted by atomic mass is 35.5. The van der Waals surface area contributed by atoms with Gasteiger partial charge in [-0.1, -0.05) is 32.9 Å². The van der Waals surface area contributed by atoms with Crippen molar-refractivity contribution in [3.63, 3.8) is 0 Å². The number of carboxylic acids is 1. The largest absolute Gasteiger partial charge is 0.478 e. The maximum Gasteiger partial charge on any atom is 0.339 e. The number of carbonyl (C=O) groups is 2. The second-order valence-corrected chi connectivity index (χ2v) is 4.76. The summed E-state index contributed by atoms with van der Waals surface area (Å²) < 4.78 is 5.23. The summed E-state index contributed by atoms with van der Waals surface area (Å²) in [5, 5.41) is 9.07. The van der Waals surface area contributed by atoms with Gasteiger partial charge in [-0.25, -0.2) is 4.79 Å². The van der Waals surface area contributed by atoms with Gasteiger partial charge in [0.1, 0.15) is 11.3 Å². The highest BCUT2D eigenvalue weighted by Gasteiger charge is 2.20. The monoisotopic (exact) mass is 329 g/mol. The van der Waals surface area contributed by atoms with Crippen molar-refractivity contribution in [3.8, 4) is 5.75 Å². The minimum absolute atomic E-state index is 0. The Bertz CT molecular complexity index is 489. The standard InChI is InChI=1S/C16H23NO4.ClH/c1-4-12(17(5-2)6-3)11-15(18)21-14-10-8-7-9-13(14)16(19)20;/h7-10,12H,4-6,11H2,1-3H3,(H,19,20);1H. The van der Waals surface area contributed by atoms with Gasteiger partial charge < -0.3 is 14.7 Å². The average Bonchev–Trinajstić information content (AvgIpc) is 2.47. The fourth-order valence-corrected chi connectivity index (χ4v) is 2.36. The quantitative estimate of drug-likeness (QED) is 0.586. The lowest BCUT2D eigenvalue weighted by Gasteiger charge is -2.27. The predicted octanol–water partition coefficient (Wildman–Crippen LogP) is 3.22. The molecule has 1 atom stereocenters. The fraction of sp³-hybridized carbons (Fsp3) is 0.500. The van der Waals surface area contributed by atoms with E-state index in [9.17, 15) is 9.59 Å². The molecule has 0 spiro atoms. The molecule has 0 fully saturated rings. The zero-order valence-electron chi connectivity index (χ0n) is 13.2. The van der Waals surface area contributed by atoms with Crippen LogP contribution in [0, 0.1) is 0 Å². The molecule has 0 aliphatic carbocycles. The summed E-state index contributed by atoms with van der Waals surface area (Å²) in [6.45, 7) is 7.87. The lowest BCUT2D eigenvalue weighted by molar-refractivity contribution is -0.135. The molecule has 22 heavy (non-hydrogen) atoms. The minimum Gasteiger partial charge on any atom is -0.478 e. The first-order valence-electron chi connectivity index (χ1n) is 7.30. The molecule has 6 heteroatoms. The van der Waals surface area contributed by atoms with Gasteiger partial charge in [-0.3, -0.25) is 4.79 Å². The van der Waals surface area contributed by atoms with Gasteiger partial charge in [0.05, 0.1) is 6.42 Å². The second-order valence-electron chi connectivity index (χ2n) is 4.76. The fourth-order valence-electron chi connectivity index (χ4n) is 2.36. The third-order valence-corrected chi connectivity index (χ3v) is 3.54. The van der Waals surface area contributed by atoms with Crippen LogP contribution < -0.4 is 4.74 Å². The SMILES string of the molecule is CCC(CC(=O)Oc1ccccc1C(=O)O)N(CC)CC.Cl. The number of esters is 1. The van der Waals surface area contributed by atoms with E-state index in [0.717, 1.165) is 19.5 Å². The number of hydrogen-bond donors (Lipinski definition) is 1. The number of hydrogen-bond acceptors (Lipinski definition) is 4. The van der Waals surface area contributed by atoms with Gasteiger partial charge in [-0.15, -0.1) is 12.4 Å². The van der Waals surface area contributed by atoms with Gasteiger partial charge in [-0.05, 0) is 31.6 Å². The summed E-state index contributed by atoms with van der Waals surface area (Å²) in [5.41, 5.74) is 0.00161. The summed E-state index contributed by atoms with van der Waals surface area (Å²) >= 11 is 0. The molecular weight excluding hydrogens is 306 g/mol. The van der Waals surface area contributed by atoms with Crippen LogP contribution in [0.1, 0.15) is 44.0 Å². The number of carbonyl (C=O) groups excluding carboxylic acids is 1. The van der Waals surface area contributed by atoms with E-state index in [-0.39, 0.29) is 36.2 Å². The molecule has 0 heterocycles. The number of aromatic carboxylic acids is 1. The van der Waals surface area contributed by atoms with Crippen molar-refractivity contribution in [2.24, 2.45) is 0 Å². The third kappa shape index (κ3) is 5.66. The highest BCUT2D eigenvalue weighted by molar-refractivity contribution is 5.92. The van der Waals surface area contributed by atoms with E-state index >= 15 is 0 Å².